The van der Waals surface area contributed by atoms with Crippen molar-refractivity contribution in [1.82, 2.24) is 19.9 Å². The van der Waals surface area contributed by atoms with E-state index in [1.165, 1.54) is 6.33 Å². The number of nitrogens with two attached hydrogens (primary N) is 1. The monoisotopic (exact) mass is 193 g/mol. The molecule has 0 amide bonds. The molecule has 0 unspecified atom stereocenters. The fourth-order valence-electron chi connectivity index (χ4n) is 1.26. The lowest BCUT2D eigenvalue weighted by atomic mass is 10.3. The van der Waals surface area contributed by atoms with Gasteiger partial charge in [0.05, 0.1) is 0 Å². The second-order valence-electron chi connectivity index (χ2n) is 2.97. The highest BCUT2D eigenvalue weighted by atomic mass is 16.2. The predicted octanol–water partition coefficient (Wildman–Crippen LogP) is -0.140. The number of aliphatic hydroxyl groups excluding tert-OH is 1. The molecule has 14 heavy (non-hydrogen) atoms. The number of hydrogen-bond donors (Lipinski definition) is 3. The number of nitrogen functional groups attached to an aromatic ring is 1. The average Bonchev–Trinajstić information content (AvgIpc) is 2.59. The van der Waals surface area contributed by atoms with Crippen LogP contribution in [0.2, 0.25) is 0 Å². The smallest absolute Gasteiger partial charge is 0.183 e. The molecule has 2 aromatic heterocycles. The summed E-state index contributed by atoms with van der Waals surface area (Å²) in [5, 5.41) is 8.66. The van der Waals surface area contributed by atoms with Gasteiger partial charge < -0.3 is 15.8 Å². The fourth-order valence-corrected chi connectivity index (χ4v) is 1.26. The molecule has 2 aromatic rings. The van der Waals surface area contributed by atoms with Gasteiger partial charge in [-0.25, -0.2) is 15.0 Å². The van der Waals surface area contributed by atoms with E-state index < -0.39 is 0 Å². The van der Waals surface area contributed by atoms with Gasteiger partial charge in [-0.3, -0.25) is 0 Å². The summed E-state index contributed by atoms with van der Waals surface area (Å²) in [6, 6.07) is 0. The number of aliphatic hydroxyl groups is 1. The van der Waals surface area contributed by atoms with Crippen molar-refractivity contribution in [3.8, 4) is 0 Å². The number of imidazole rings is 1. The fraction of sp³-hybridized carbons (Fsp3) is 0.375. The number of hydrogen-bond acceptors (Lipinski definition) is 5. The largest absolute Gasteiger partial charge is 0.396 e. The van der Waals surface area contributed by atoms with Crippen LogP contribution in [-0.4, -0.2) is 31.6 Å². The Balaban J connectivity index is 2.36. The molecule has 74 valence electrons. The molecular weight excluding hydrogens is 182 g/mol. The molecular formula is C8H11N5O. The molecule has 0 saturated carbocycles. The highest BCUT2D eigenvalue weighted by molar-refractivity contribution is 5.80. The number of aromatic nitrogens is 4. The third-order valence-electron chi connectivity index (χ3n) is 1.94. The highest BCUT2D eigenvalue weighted by Gasteiger charge is 2.06. The molecule has 0 bridgehead atoms. The molecule has 0 atom stereocenters. The van der Waals surface area contributed by atoms with Crippen molar-refractivity contribution in [2.24, 2.45) is 0 Å². The summed E-state index contributed by atoms with van der Waals surface area (Å²) in [5.41, 5.74) is 6.87. The molecule has 0 saturated heterocycles. The summed E-state index contributed by atoms with van der Waals surface area (Å²) >= 11 is 0. The summed E-state index contributed by atoms with van der Waals surface area (Å²) in [6.45, 7) is 0.151. The van der Waals surface area contributed by atoms with Crippen LogP contribution < -0.4 is 5.73 Å². The van der Waals surface area contributed by atoms with Crippen LogP contribution in [0.25, 0.3) is 11.2 Å². The summed E-state index contributed by atoms with van der Waals surface area (Å²) < 4.78 is 0. The summed E-state index contributed by atoms with van der Waals surface area (Å²) in [7, 11) is 0. The third-order valence-corrected chi connectivity index (χ3v) is 1.94. The second kappa shape index (κ2) is 3.59. The number of anilines is 1. The van der Waals surface area contributed by atoms with Crippen molar-refractivity contribution in [2.45, 2.75) is 12.8 Å². The Hall–Kier alpha value is -1.69. The van der Waals surface area contributed by atoms with E-state index in [1.54, 1.807) is 0 Å². The van der Waals surface area contributed by atoms with Crippen molar-refractivity contribution < 1.29 is 5.11 Å². The van der Waals surface area contributed by atoms with E-state index in [4.69, 9.17) is 10.8 Å². The van der Waals surface area contributed by atoms with Gasteiger partial charge in [0.1, 0.15) is 17.7 Å². The molecule has 6 heteroatoms. The summed E-state index contributed by atoms with van der Waals surface area (Å²) in [5.74, 6) is 1.18. The van der Waals surface area contributed by atoms with Gasteiger partial charge in [-0.05, 0) is 6.42 Å². The lowest BCUT2D eigenvalue weighted by molar-refractivity contribution is 0.287. The minimum absolute atomic E-state index is 0.151. The standard InChI is InChI=1S/C8H11N5O/c9-7-6-8(11-4-10-7)13-5(12-6)2-1-3-14/h4,14H,1-3H2,(H3,9,10,11,12,13). The maximum atomic E-state index is 8.66. The normalized spacial score (nSPS) is 10.9. The quantitative estimate of drug-likeness (QED) is 0.629. The number of H-pyrrole nitrogens is 1. The van der Waals surface area contributed by atoms with Crippen LogP contribution in [0.4, 0.5) is 5.82 Å². The van der Waals surface area contributed by atoms with Crippen molar-refractivity contribution >= 4 is 17.0 Å². The molecule has 4 N–H and O–H groups in total. The SMILES string of the molecule is Nc1ncnc2nc(CCCO)[nH]c12. The Morgan fingerprint density at radius 3 is 3.00 bits per heavy atom. The van der Waals surface area contributed by atoms with Crippen LogP contribution in [0.1, 0.15) is 12.2 Å². The van der Waals surface area contributed by atoms with Crippen LogP contribution in [0.3, 0.4) is 0 Å². The molecule has 0 aromatic carbocycles. The first-order chi connectivity index (χ1) is 6.81. The second-order valence-corrected chi connectivity index (χ2v) is 2.97. The number of fused-ring (bicyclic) bond motifs is 1. The molecule has 0 spiro atoms. The Labute approximate surface area is 80.2 Å². The van der Waals surface area contributed by atoms with Crippen LogP contribution in [0.5, 0.6) is 0 Å². The van der Waals surface area contributed by atoms with Gasteiger partial charge in [0.2, 0.25) is 0 Å². The molecule has 2 heterocycles. The van der Waals surface area contributed by atoms with Gasteiger partial charge in [-0.2, -0.15) is 0 Å². The van der Waals surface area contributed by atoms with Gasteiger partial charge in [-0.1, -0.05) is 0 Å². The van der Waals surface area contributed by atoms with E-state index in [9.17, 15) is 0 Å². The predicted molar refractivity (Wildman–Crippen MR) is 51.5 cm³/mol. The Bertz CT molecular complexity index is 438. The maximum absolute atomic E-state index is 8.66. The van der Waals surface area contributed by atoms with Crippen molar-refractivity contribution in [3.05, 3.63) is 12.2 Å². The number of nitrogens with zero attached hydrogens (tertiary/aromatic N) is 3. The number of aromatic amines is 1. The lowest BCUT2D eigenvalue weighted by Gasteiger charge is -1.91. The van der Waals surface area contributed by atoms with E-state index in [1.807, 2.05) is 0 Å². The molecule has 0 aliphatic carbocycles. The first-order valence-corrected chi connectivity index (χ1v) is 4.37. The number of rotatable bonds is 3. The van der Waals surface area contributed by atoms with Gasteiger partial charge in [0, 0.05) is 13.0 Å². The lowest BCUT2D eigenvalue weighted by Crippen LogP contribution is -1.92. The zero-order valence-electron chi connectivity index (χ0n) is 7.56. The molecule has 0 aliphatic rings. The van der Waals surface area contributed by atoms with Gasteiger partial charge in [0.25, 0.3) is 0 Å². The molecule has 6 nitrogen and oxygen atoms in total. The van der Waals surface area contributed by atoms with E-state index in [0.717, 1.165) is 5.82 Å². The molecule has 0 radical (unpaired) electrons. The maximum Gasteiger partial charge on any atom is 0.183 e. The average molecular weight is 193 g/mol. The zero-order chi connectivity index (χ0) is 9.97. The van der Waals surface area contributed by atoms with Crippen LogP contribution >= 0.6 is 0 Å². The Morgan fingerprint density at radius 2 is 2.29 bits per heavy atom. The number of aryl methyl sites for hydroxylation is 1. The van der Waals surface area contributed by atoms with Crippen LogP contribution in [0.15, 0.2) is 6.33 Å². The first-order valence-electron chi connectivity index (χ1n) is 4.37. The number of nitrogens with one attached hydrogen (secondary N) is 1. The van der Waals surface area contributed by atoms with E-state index >= 15 is 0 Å². The highest BCUT2D eigenvalue weighted by Crippen LogP contribution is 2.13. The van der Waals surface area contributed by atoms with Crippen molar-refractivity contribution in [1.29, 1.82) is 0 Å². The third kappa shape index (κ3) is 1.51. The topological polar surface area (TPSA) is 101 Å². The van der Waals surface area contributed by atoms with E-state index in [-0.39, 0.29) is 6.61 Å². The van der Waals surface area contributed by atoms with Gasteiger partial charge in [0.15, 0.2) is 11.5 Å². The van der Waals surface area contributed by atoms with Crippen LogP contribution in [-0.2, 0) is 6.42 Å². The van der Waals surface area contributed by atoms with E-state index in [0.29, 0.717) is 29.8 Å². The Kier molecular flexibility index (Phi) is 2.28. The molecule has 0 aliphatic heterocycles. The minimum Gasteiger partial charge on any atom is -0.396 e. The Morgan fingerprint density at radius 1 is 1.43 bits per heavy atom. The van der Waals surface area contributed by atoms with E-state index in [2.05, 4.69) is 19.9 Å². The molecule has 2 rings (SSSR count). The molecule has 0 fully saturated rings. The minimum atomic E-state index is 0.151. The summed E-state index contributed by atoms with van der Waals surface area (Å²) in [6.07, 6.45) is 2.74. The first kappa shape index (κ1) is 8.89. The van der Waals surface area contributed by atoms with Gasteiger partial charge in [-0.15, -0.1) is 0 Å². The van der Waals surface area contributed by atoms with Crippen LogP contribution in [0, 0.1) is 0 Å². The van der Waals surface area contributed by atoms with Crippen molar-refractivity contribution in [3.63, 3.8) is 0 Å². The zero-order valence-corrected chi connectivity index (χ0v) is 7.56. The summed E-state index contributed by atoms with van der Waals surface area (Å²) in [4.78, 5) is 15.1. The van der Waals surface area contributed by atoms with Crippen molar-refractivity contribution in [2.75, 3.05) is 12.3 Å². The van der Waals surface area contributed by atoms with Gasteiger partial charge >= 0.3 is 0 Å².